The van der Waals surface area contributed by atoms with Crippen LogP contribution < -0.4 is 5.32 Å². The quantitative estimate of drug-likeness (QED) is 0.646. The van der Waals surface area contributed by atoms with Crippen molar-refractivity contribution >= 4 is 0 Å². The molecule has 19 heavy (non-hydrogen) atoms. The molecule has 1 rings (SSSR count). The van der Waals surface area contributed by atoms with Crippen LogP contribution in [0.5, 0.6) is 0 Å². The van der Waals surface area contributed by atoms with E-state index in [2.05, 4.69) is 51.8 Å². The largest absolute Gasteiger partial charge is 0.314 e. The van der Waals surface area contributed by atoms with Crippen LogP contribution in [-0.2, 0) is 0 Å². The molecule has 0 radical (unpaired) electrons. The summed E-state index contributed by atoms with van der Waals surface area (Å²) in [6.07, 6.45) is 5.45. The molecule has 0 saturated heterocycles. The Hall–Kier alpha value is -0.0800. The summed E-state index contributed by atoms with van der Waals surface area (Å²) in [5, 5.41) is 3.64. The summed E-state index contributed by atoms with van der Waals surface area (Å²) < 4.78 is 0. The minimum absolute atomic E-state index is 0.420. The lowest BCUT2D eigenvalue weighted by atomic mass is 9.86. The highest BCUT2D eigenvalue weighted by atomic mass is 15.2. The van der Waals surface area contributed by atoms with Crippen molar-refractivity contribution in [3.63, 3.8) is 0 Å². The fraction of sp³-hybridized carbons (Fsp3) is 1.00. The van der Waals surface area contributed by atoms with Gasteiger partial charge in [0.25, 0.3) is 0 Å². The zero-order valence-electron chi connectivity index (χ0n) is 14.1. The van der Waals surface area contributed by atoms with E-state index in [1.54, 1.807) is 0 Å². The molecule has 1 aliphatic carbocycles. The molecule has 2 nitrogen and oxygen atoms in total. The smallest absolute Gasteiger partial charge is 0.00966 e. The molecule has 1 fully saturated rings. The van der Waals surface area contributed by atoms with Gasteiger partial charge in [0, 0.05) is 25.2 Å². The molecule has 0 aromatic heterocycles. The first kappa shape index (κ1) is 17.0. The topological polar surface area (TPSA) is 15.3 Å². The zero-order chi connectivity index (χ0) is 14.5. The van der Waals surface area contributed by atoms with Gasteiger partial charge in [-0.3, -0.25) is 4.90 Å². The number of hydrogen-bond donors (Lipinski definition) is 1. The SMILES string of the molecule is CCC(C)(CNC(C)C)CN(CCC(C)C)C1CC1. The Morgan fingerprint density at radius 2 is 1.84 bits per heavy atom. The van der Waals surface area contributed by atoms with Crippen molar-refractivity contribution in [2.24, 2.45) is 11.3 Å². The van der Waals surface area contributed by atoms with Crippen molar-refractivity contribution in [2.75, 3.05) is 19.6 Å². The lowest BCUT2D eigenvalue weighted by Gasteiger charge is -2.36. The summed E-state index contributed by atoms with van der Waals surface area (Å²) in [7, 11) is 0. The van der Waals surface area contributed by atoms with Gasteiger partial charge >= 0.3 is 0 Å². The molecule has 0 aromatic rings. The fourth-order valence-corrected chi connectivity index (χ4v) is 2.49. The Kier molecular flexibility index (Phi) is 6.82. The molecule has 0 aromatic carbocycles. The van der Waals surface area contributed by atoms with Gasteiger partial charge in [-0.05, 0) is 43.6 Å². The van der Waals surface area contributed by atoms with Crippen LogP contribution in [0, 0.1) is 11.3 Å². The van der Waals surface area contributed by atoms with Crippen molar-refractivity contribution < 1.29 is 0 Å². The maximum Gasteiger partial charge on any atom is 0.00966 e. The Balaban J connectivity index is 2.48. The van der Waals surface area contributed by atoms with Gasteiger partial charge in [-0.15, -0.1) is 0 Å². The molecule has 0 heterocycles. The zero-order valence-corrected chi connectivity index (χ0v) is 14.1. The van der Waals surface area contributed by atoms with Crippen LogP contribution in [-0.4, -0.2) is 36.6 Å². The standard InChI is InChI=1S/C17H36N2/c1-7-17(6,12-18-15(4)5)13-19(16-8-9-16)11-10-14(2)3/h14-16,18H,7-13H2,1-6H3. The highest BCUT2D eigenvalue weighted by Gasteiger charge is 2.34. The molecule has 1 unspecified atom stereocenters. The minimum atomic E-state index is 0.420. The van der Waals surface area contributed by atoms with Gasteiger partial charge in [-0.1, -0.05) is 41.5 Å². The van der Waals surface area contributed by atoms with Gasteiger partial charge < -0.3 is 5.32 Å². The Bertz CT molecular complexity index is 246. The summed E-state index contributed by atoms with van der Waals surface area (Å²) in [5.41, 5.74) is 0.420. The molecule has 2 heteroatoms. The highest BCUT2D eigenvalue weighted by Crippen LogP contribution is 2.32. The number of rotatable bonds is 10. The van der Waals surface area contributed by atoms with E-state index in [9.17, 15) is 0 Å². The van der Waals surface area contributed by atoms with Crippen LogP contribution in [0.25, 0.3) is 0 Å². The van der Waals surface area contributed by atoms with Crippen molar-refractivity contribution in [1.29, 1.82) is 0 Å². The van der Waals surface area contributed by atoms with Crippen LogP contribution in [0.3, 0.4) is 0 Å². The molecule has 0 spiro atoms. The van der Waals surface area contributed by atoms with Gasteiger partial charge in [0.05, 0.1) is 0 Å². The van der Waals surface area contributed by atoms with E-state index in [1.807, 2.05) is 0 Å². The van der Waals surface area contributed by atoms with Crippen LogP contribution in [0.1, 0.15) is 67.2 Å². The second kappa shape index (κ2) is 7.64. The Morgan fingerprint density at radius 3 is 2.26 bits per heavy atom. The lowest BCUT2D eigenvalue weighted by Crippen LogP contribution is -2.44. The maximum absolute atomic E-state index is 3.64. The normalized spacial score (nSPS) is 19.4. The highest BCUT2D eigenvalue weighted by molar-refractivity contribution is 4.89. The van der Waals surface area contributed by atoms with E-state index in [0.717, 1.165) is 18.5 Å². The summed E-state index contributed by atoms with van der Waals surface area (Å²) >= 11 is 0. The van der Waals surface area contributed by atoms with Crippen LogP contribution in [0.4, 0.5) is 0 Å². The first-order valence-corrected chi connectivity index (χ1v) is 8.33. The lowest BCUT2D eigenvalue weighted by molar-refractivity contribution is 0.140. The predicted molar refractivity (Wildman–Crippen MR) is 85.6 cm³/mol. The van der Waals surface area contributed by atoms with Crippen molar-refractivity contribution in [2.45, 2.75) is 79.3 Å². The van der Waals surface area contributed by atoms with E-state index < -0.39 is 0 Å². The monoisotopic (exact) mass is 268 g/mol. The average molecular weight is 268 g/mol. The van der Waals surface area contributed by atoms with Crippen molar-refractivity contribution in [3.8, 4) is 0 Å². The minimum Gasteiger partial charge on any atom is -0.314 e. The van der Waals surface area contributed by atoms with Gasteiger partial charge in [0.2, 0.25) is 0 Å². The van der Waals surface area contributed by atoms with Gasteiger partial charge in [-0.2, -0.15) is 0 Å². The first-order chi connectivity index (χ1) is 8.86. The van der Waals surface area contributed by atoms with Crippen molar-refractivity contribution in [3.05, 3.63) is 0 Å². The second-order valence-corrected chi connectivity index (χ2v) is 7.58. The summed E-state index contributed by atoms with van der Waals surface area (Å²) in [6, 6.07) is 1.49. The average Bonchev–Trinajstić information content (AvgIpc) is 3.16. The van der Waals surface area contributed by atoms with E-state index in [0.29, 0.717) is 11.5 Å². The van der Waals surface area contributed by atoms with Crippen LogP contribution >= 0.6 is 0 Å². The molecule has 114 valence electrons. The second-order valence-electron chi connectivity index (χ2n) is 7.58. The fourth-order valence-electron chi connectivity index (χ4n) is 2.49. The summed E-state index contributed by atoms with van der Waals surface area (Å²) in [5.74, 6) is 0.822. The molecule has 1 N–H and O–H groups in total. The van der Waals surface area contributed by atoms with Gasteiger partial charge in [0.1, 0.15) is 0 Å². The third-order valence-electron chi connectivity index (χ3n) is 4.43. The molecule has 0 bridgehead atoms. The van der Waals surface area contributed by atoms with E-state index >= 15 is 0 Å². The van der Waals surface area contributed by atoms with Crippen LogP contribution in [0.15, 0.2) is 0 Å². The number of hydrogen-bond acceptors (Lipinski definition) is 2. The summed E-state index contributed by atoms with van der Waals surface area (Å²) in [6.45, 7) is 17.7. The van der Waals surface area contributed by atoms with Crippen LogP contribution in [0.2, 0.25) is 0 Å². The molecule has 1 atom stereocenters. The van der Waals surface area contributed by atoms with Gasteiger partial charge in [0.15, 0.2) is 0 Å². The van der Waals surface area contributed by atoms with E-state index in [-0.39, 0.29) is 0 Å². The Morgan fingerprint density at radius 1 is 1.21 bits per heavy atom. The molecular weight excluding hydrogens is 232 g/mol. The maximum atomic E-state index is 3.64. The third kappa shape index (κ3) is 6.76. The molecule has 0 aliphatic heterocycles. The molecular formula is C17H36N2. The molecule has 0 amide bonds. The number of nitrogens with zero attached hydrogens (tertiary/aromatic N) is 1. The van der Waals surface area contributed by atoms with E-state index in [4.69, 9.17) is 0 Å². The summed E-state index contributed by atoms with van der Waals surface area (Å²) in [4.78, 5) is 2.77. The molecule has 1 aliphatic rings. The third-order valence-corrected chi connectivity index (χ3v) is 4.43. The first-order valence-electron chi connectivity index (χ1n) is 8.33. The number of nitrogens with one attached hydrogen (secondary N) is 1. The van der Waals surface area contributed by atoms with E-state index in [1.165, 1.54) is 38.8 Å². The van der Waals surface area contributed by atoms with Crippen molar-refractivity contribution in [1.82, 2.24) is 10.2 Å². The van der Waals surface area contributed by atoms with Gasteiger partial charge in [-0.25, -0.2) is 0 Å². The molecule has 1 saturated carbocycles. The predicted octanol–water partition coefficient (Wildman–Crippen LogP) is 3.91. The Labute approximate surface area is 121 Å².